The molecular formula is C8H5FNO2. The van der Waals surface area contributed by atoms with Crippen LogP contribution in [0.2, 0.25) is 0 Å². The largest absolute Gasteiger partial charge is 0.316 e. The lowest BCUT2D eigenvalue weighted by atomic mass is 10.2. The van der Waals surface area contributed by atoms with E-state index in [1.165, 1.54) is 24.6 Å². The number of carbonyl (C=O) groups excluding carboxylic acids is 2. The van der Waals surface area contributed by atoms with Gasteiger partial charge in [-0.3, -0.25) is 14.9 Å². The molecule has 0 spiro atoms. The first kappa shape index (κ1) is 8.39. The average Bonchev–Trinajstić information content (AvgIpc) is 2.05. The fraction of sp³-hybridized carbons (Fsp3) is 0. The number of hydrogen-bond donors (Lipinski definition) is 1. The minimum atomic E-state index is -0.663. The van der Waals surface area contributed by atoms with E-state index in [0.29, 0.717) is 0 Å². The second-order valence-electron chi connectivity index (χ2n) is 2.07. The molecule has 1 radical (unpaired) electrons. The smallest absolute Gasteiger partial charge is 0.284 e. The van der Waals surface area contributed by atoms with Crippen LogP contribution in [-0.2, 0) is 4.79 Å². The van der Waals surface area contributed by atoms with Gasteiger partial charge in [0.05, 0.1) is 0 Å². The van der Waals surface area contributed by atoms with Crippen molar-refractivity contribution in [3.63, 3.8) is 0 Å². The van der Waals surface area contributed by atoms with Crippen LogP contribution in [0, 0.1) is 5.82 Å². The molecule has 3 nitrogen and oxygen atoms in total. The molecule has 1 aromatic carbocycles. The molecule has 1 aromatic rings. The van der Waals surface area contributed by atoms with E-state index in [-0.39, 0.29) is 5.56 Å². The summed E-state index contributed by atoms with van der Waals surface area (Å²) in [6, 6.07) is 5.03. The van der Waals surface area contributed by atoms with Gasteiger partial charge in [-0.1, -0.05) is 6.07 Å². The van der Waals surface area contributed by atoms with Crippen LogP contribution in [0.25, 0.3) is 0 Å². The van der Waals surface area contributed by atoms with Crippen molar-refractivity contribution in [2.24, 2.45) is 0 Å². The molecule has 0 aliphatic heterocycles. The maximum atomic E-state index is 12.5. The Bertz CT molecular complexity index is 312. The van der Waals surface area contributed by atoms with E-state index in [2.05, 4.69) is 0 Å². The van der Waals surface area contributed by atoms with Gasteiger partial charge in [0.1, 0.15) is 5.82 Å². The second-order valence-corrected chi connectivity index (χ2v) is 2.07. The van der Waals surface area contributed by atoms with Crippen molar-refractivity contribution in [3.8, 4) is 0 Å². The second kappa shape index (κ2) is 3.61. The highest BCUT2D eigenvalue weighted by Gasteiger charge is 2.04. The van der Waals surface area contributed by atoms with Gasteiger partial charge in [0.2, 0.25) is 0 Å². The van der Waals surface area contributed by atoms with E-state index in [4.69, 9.17) is 0 Å². The van der Waals surface area contributed by atoms with Gasteiger partial charge >= 0.3 is 6.41 Å². The summed E-state index contributed by atoms with van der Waals surface area (Å²) in [5, 5.41) is 1.78. The van der Waals surface area contributed by atoms with Gasteiger partial charge in [-0.25, -0.2) is 4.39 Å². The van der Waals surface area contributed by atoms with Crippen LogP contribution in [-0.4, -0.2) is 12.3 Å². The number of nitrogens with one attached hydrogen (secondary N) is 1. The Labute approximate surface area is 68.2 Å². The van der Waals surface area contributed by atoms with Crippen LogP contribution in [0.3, 0.4) is 0 Å². The van der Waals surface area contributed by atoms with Gasteiger partial charge in [-0.05, 0) is 18.2 Å². The fourth-order valence-corrected chi connectivity index (χ4v) is 0.748. The third kappa shape index (κ3) is 1.88. The van der Waals surface area contributed by atoms with E-state index in [9.17, 15) is 14.0 Å². The Balaban J connectivity index is 2.87. The predicted octanol–water partition coefficient (Wildman–Crippen LogP) is 0.623. The highest BCUT2D eigenvalue weighted by atomic mass is 19.1. The molecule has 0 unspecified atom stereocenters. The van der Waals surface area contributed by atoms with E-state index in [1.807, 2.05) is 0 Å². The first-order valence-electron chi connectivity index (χ1n) is 3.17. The first-order chi connectivity index (χ1) is 5.74. The number of carbonyl (C=O) groups is 1. The van der Waals surface area contributed by atoms with Gasteiger partial charge in [0.15, 0.2) is 0 Å². The highest BCUT2D eigenvalue weighted by Crippen LogP contribution is 2.02. The third-order valence-corrected chi connectivity index (χ3v) is 1.25. The molecule has 0 saturated heterocycles. The summed E-state index contributed by atoms with van der Waals surface area (Å²) in [7, 11) is 0. The molecule has 1 rings (SSSR count). The van der Waals surface area contributed by atoms with Crippen molar-refractivity contribution in [2.45, 2.75) is 0 Å². The van der Waals surface area contributed by atoms with Crippen molar-refractivity contribution < 1.29 is 14.0 Å². The summed E-state index contributed by atoms with van der Waals surface area (Å²) in [6.07, 6.45) is 1.21. The van der Waals surface area contributed by atoms with Crippen LogP contribution < -0.4 is 5.32 Å². The standard InChI is InChI=1S/C8H5FNO2/c9-7-3-1-2-6(4-7)8(12)10-5-11/h1-4H,(H,10,11,12). The van der Waals surface area contributed by atoms with Gasteiger partial charge in [-0.15, -0.1) is 0 Å². The molecular weight excluding hydrogens is 161 g/mol. The Kier molecular flexibility index (Phi) is 2.53. The van der Waals surface area contributed by atoms with Crippen LogP contribution >= 0.6 is 0 Å². The molecule has 0 atom stereocenters. The topological polar surface area (TPSA) is 46.2 Å². The maximum absolute atomic E-state index is 12.5. The molecule has 12 heavy (non-hydrogen) atoms. The molecule has 0 saturated carbocycles. The van der Waals surface area contributed by atoms with Crippen LogP contribution in [0.15, 0.2) is 24.3 Å². The number of benzene rings is 1. The monoisotopic (exact) mass is 166 g/mol. The number of hydrogen-bond acceptors (Lipinski definition) is 2. The average molecular weight is 166 g/mol. The van der Waals surface area contributed by atoms with Gasteiger partial charge < -0.3 is 0 Å². The van der Waals surface area contributed by atoms with Crippen molar-refractivity contribution >= 4 is 12.3 Å². The lowest BCUT2D eigenvalue weighted by molar-refractivity contribution is 0.0975. The molecule has 0 heterocycles. The number of rotatable bonds is 2. The molecule has 0 aliphatic carbocycles. The fourth-order valence-electron chi connectivity index (χ4n) is 0.748. The zero-order valence-corrected chi connectivity index (χ0v) is 6.00. The normalized spacial score (nSPS) is 9.08. The Morgan fingerprint density at radius 2 is 2.25 bits per heavy atom. The Hall–Kier alpha value is -1.71. The zero-order valence-electron chi connectivity index (χ0n) is 6.00. The lowest BCUT2D eigenvalue weighted by Gasteiger charge is -1.96. The Morgan fingerprint density at radius 1 is 1.50 bits per heavy atom. The lowest BCUT2D eigenvalue weighted by Crippen LogP contribution is -2.21. The van der Waals surface area contributed by atoms with Gasteiger partial charge in [0, 0.05) is 5.56 Å². The summed E-state index contributed by atoms with van der Waals surface area (Å²) < 4.78 is 12.5. The van der Waals surface area contributed by atoms with E-state index >= 15 is 0 Å². The van der Waals surface area contributed by atoms with Gasteiger partial charge in [0.25, 0.3) is 5.91 Å². The summed E-state index contributed by atoms with van der Waals surface area (Å²) in [5.41, 5.74) is 0.0957. The zero-order chi connectivity index (χ0) is 8.97. The van der Waals surface area contributed by atoms with E-state index in [1.54, 1.807) is 5.32 Å². The highest BCUT2D eigenvalue weighted by molar-refractivity contribution is 5.99. The summed E-state index contributed by atoms with van der Waals surface area (Å²) in [5.74, 6) is -1.18. The summed E-state index contributed by atoms with van der Waals surface area (Å²) in [4.78, 5) is 20.6. The number of halogens is 1. The van der Waals surface area contributed by atoms with Crippen molar-refractivity contribution in [1.82, 2.24) is 5.32 Å². The predicted molar refractivity (Wildman–Crippen MR) is 39.6 cm³/mol. The molecule has 1 N–H and O–H groups in total. The molecule has 0 bridgehead atoms. The molecule has 2 amide bonds. The minimum Gasteiger partial charge on any atom is -0.284 e. The van der Waals surface area contributed by atoms with E-state index in [0.717, 1.165) is 6.07 Å². The summed E-state index contributed by atoms with van der Waals surface area (Å²) in [6.45, 7) is 0. The van der Waals surface area contributed by atoms with Crippen LogP contribution in [0.1, 0.15) is 10.4 Å². The van der Waals surface area contributed by atoms with Crippen LogP contribution in [0.4, 0.5) is 4.39 Å². The van der Waals surface area contributed by atoms with Crippen LogP contribution in [0.5, 0.6) is 0 Å². The Morgan fingerprint density at radius 3 is 2.83 bits per heavy atom. The summed E-state index contributed by atoms with van der Waals surface area (Å²) >= 11 is 0. The molecule has 0 fully saturated rings. The maximum Gasteiger partial charge on any atom is 0.316 e. The van der Waals surface area contributed by atoms with Gasteiger partial charge in [-0.2, -0.15) is 0 Å². The first-order valence-corrected chi connectivity index (χ1v) is 3.17. The quantitative estimate of drug-likeness (QED) is 0.654. The molecule has 0 aromatic heterocycles. The third-order valence-electron chi connectivity index (χ3n) is 1.25. The van der Waals surface area contributed by atoms with Crippen molar-refractivity contribution in [3.05, 3.63) is 35.6 Å². The molecule has 61 valence electrons. The molecule has 4 heteroatoms. The number of imide groups is 1. The van der Waals surface area contributed by atoms with Crippen molar-refractivity contribution in [2.75, 3.05) is 0 Å². The minimum absolute atomic E-state index is 0.0957. The number of amides is 2. The SMILES string of the molecule is O=[C]NC(=O)c1cccc(F)c1. The van der Waals surface area contributed by atoms with Crippen molar-refractivity contribution in [1.29, 1.82) is 0 Å². The van der Waals surface area contributed by atoms with E-state index < -0.39 is 11.7 Å². The molecule has 0 aliphatic rings.